The van der Waals surface area contributed by atoms with E-state index in [9.17, 15) is 0 Å². The van der Waals surface area contributed by atoms with Crippen molar-refractivity contribution in [2.24, 2.45) is 0 Å². The summed E-state index contributed by atoms with van der Waals surface area (Å²) >= 11 is 0. The Labute approximate surface area is 116 Å². The topological polar surface area (TPSA) is 52.8 Å². The number of hydrogen-bond acceptors (Lipinski definition) is 4. The second kappa shape index (κ2) is 5.52. The maximum Gasteiger partial charge on any atom is 0.181 e. The van der Waals surface area contributed by atoms with Gasteiger partial charge in [0.25, 0.3) is 0 Å². The molecule has 20 heavy (non-hydrogen) atoms. The molecule has 0 saturated carbocycles. The lowest BCUT2D eigenvalue weighted by Crippen LogP contribution is -2.00. The average molecular weight is 266 g/mol. The average Bonchev–Trinajstić information content (AvgIpc) is 2.97. The molecule has 0 aliphatic heterocycles. The lowest BCUT2D eigenvalue weighted by Gasteiger charge is -2.01. The van der Waals surface area contributed by atoms with E-state index in [4.69, 9.17) is 4.74 Å². The van der Waals surface area contributed by atoms with E-state index < -0.39 is 0 Å². The van der Waals surface area contributed by atoms with Crippen molar-refractivity contribution in [2.45, 2.75) is 6.54 Å². The van der Waals surface area contributed by atoms with Crippen molar-refractivity contribution in [3.8, 4) is 17.1 Å². The quantitative estimate of drug-likeness (QED) is 0.727. The molecule has 0 amide bonds. The van der Waals surface area contributed by atoms with Crippen molar-refractivity contribution < 1.29 is 4.74 Å². The zero-order valence-electron chi connectivity index (χ0n) is 11.1. The summed E-state index contributed by atoms with van der Waals surface area (Å²) in [7, 11) is 1.65. The van der Waals surface area contributed by atoms with E-state index in [1.807, 2.05) is 41.1 Å². The Morgan fingerprint density at radius 2 is 1.80 bits per heavy atom. The van der Waals surface area contributed by atoms with Gasteiger partial charge in [-0.15, -0.1) is 0 Å². The highest BCUT2D eigenvalue weighted by Crippen LogP contribution is 2.18. The van der Waals surface area contributed by atoms with Gasteiger partial charge in [-0.25, -0.2) is 9.67 Å². The van der Waals surface area contributed by atoms with E-state index in [0.717, 1.165) is 16.9 Å². The van der Waals surface area contributed by atoms with Crippen molar-refractivity contribution in [3.63, 3.8) is 0 Å². The number of ether oxygens (including phenoxy) is 1. The maximum atomic E-state index is 5.14. The Morgan fingerprint density at radius 1 is 1.05 bits per heavy atom. The number of rotatable bonds is 4. The molecule has 0 radical (unpaired) electrons. The van der Waals surface area contributed by atoms with Gasteiger partial charge in [-0.3, -0.25) is 4.98 Å². The second-order valence-corrected chi connectivity index (χ2v) is 4.35. The SMILES string of the molecule is COc1ccc(-c2ncn(Cc3ccncc3)n2)cc1. The van der Waals surface area contributed by atoms with Crippen LogP contribution in [0.15, 0.2) is 55.1 Å². The number of hydrogen-bond donors (Lipinski definition) is 0. The minimum Gasteiger partial charge on any atom is -0.497 e. The molecule has 0 spiro atoms. The molecule has 0 bridgehead atoms. The Morgan fingerprint density at radius 3 is 2.50 bits per heavy atom. The second-order valence-electron chi connectivity index (χ2n) is 4.35. The molecule has 2 aromatic heterocycles. The first-order chi connectivity index (χ1) is 9.85. The molecule has 0 atom stereocenters. The monoisotopic (exact) mass is 266 g/mol. The van der Waals surface area contributed by atoms with Gasteiger partial charge in [0.15, 0.2) is 5.82 Å². The van der Waals surface area contributed by atoms with Crippen molar-refractivity contribution in [3.05, 3.63) is 60.7 Å². The maximum absolute atomic E-state index is 5.14. The fourth-order valence-electron chi connectivity index (χ4n) is 1.92. The van der Waals surface area contributed by atoms with Crippen molar-refractivity contribution in [1.82, 2.24) is 19.7 Å². The van der Waals surface area contributed by atoms with Gasteiger partial charge < -0.3 is 4.74 Å². The van der Waals surface area contributed by atoms with Crippen LogP contribution in [0.3, 0.4) is 0 Å². The van der Waals surface area contributed by atoms with Gasteiger partial charge in [-0.1, -0.05) is 0 Å². The normalized spacial score (nSPS) is 10.4. The molecule has 0 saturated heterocycles. The van der Waals surface area contributed by atoms with Crippen LogP contribution in [0.1, 0.15) is 5.56 Å². The van der Waals surface area contributed by atoms with Gasteiger partial charge in [-0.05, 0) is 42.0 Å². The molecule has 0 N–H and O–H groups in total. The van der Waals surface area contributed by atoms with Crippen LogP contribution in [-0.2, 0) is 6.54 Å². The van der Waals surface area contributed by atoms with Crippen LogP contribution in [0.4, 0.5) is 0 Å². The van der Waals surface area contributed by atoms with Crippen molar-refractivity contribution in [2.75, 3.05) is 7.11 Å². The molecular formula is C15H14N4O. The van der Waals surface area contributed by atoms with E-state index in [-0.39, 0.29) is 0 Å². The minimum absolute atomic E-state index is 0.686. The lowest BCUT2D eigenvalue weighted by atomic mass is 10.2. The summed E-state index contributed by atoms with van der Waals surface area (Å²) in [6.07, 6.45) is 5.29. The Kier molecular flexibility index (Phi) is 3.41. The largest absolute Gasteiger partial charge is 0.497 e. The fourth-order valence-corrected chi connectivity index (χ4v) is 1.92. The van der Waals surface area contributed by atoms with Crippen LogP contribution >= 0.6 is 0 Å². The van der Waals surface area contributed by atoms with Gasteiger partial charge in [0.2, 0.25) is 0 Å². The summed E-state index contributed by atoms with van der Waals surface area (Å²) in [5.41, 5.74) is 2.12. The number of methoxy groups -OCH3 is 1. The molecule has 0 aliphatic carbocycles. The molecule has 5 heteroatoms. The molecule has 5 nitrogen and oxygen atoms in total. The minimum atomic E-state index is 0.686. The molecule has 0 aliphatic rings. The van der Waals surface area contributed by atoms with E-state index in [1.165, 1.54) is 0 Å². The molecule has 0 fully saturated rings. The number of nitrogens with zero attached hydrogens (tertiary/aromatic N) is 4. The molecule has 0 unspecified atom stereocenters. The first kappa shape index (κ1) is 12.3. The van der Waals surface area contributed by atoms with Crippen LogP contribution in [0.5, 0.6) is 5.75 Å². The summed E-state index contributed by atoms with van der Waals surface area (Å²) in [6.45, 7) is 0.686. The molecule has 1 aromatic carbocycles. The summed E-state index contributed by atoms with van der Waals surface area (Å²) < 4.78 is 6.95. The van der Waals surface area contributed by atoms with Crippen LogP contribution in [-0.4, -0.2) is 26.9 Å². The Hall–Kier alpha value is -2.69. The molecule has 100 valence electrons. The van der Waals surface area contributed by atoms with Gasteiger partial charge >= 0.3 is 0 Å². The highest BCUT2D eigenvalue weighted by Gasteiger charge is 2.05. The third-order valence-corrected chi connectivity index (χ3v) is 2.98. The van der Waals surface area contributed by atoms with Gasteiger partial charge in [0.05, 0.1) is 13.7 Å². The van der Waals surface area contributed by atoms with E-state index in [0.29, 0.717) is 12.4 Å². The van der Waals surface area contributed by atoms with E-state index >= 15 is 0 Å². The third kappa shape index (κ3) is 2.66. The Bertz CT molecular complexity index is 677. The van der Waals surface area contributed by atoms with Gasteiger partial charge in [0, 0.05) is 18.0 Å². The van der Waals surface area contributed by atoms with Gasteiger partial charge in [-0.2, -0.15) is 5.10 Å². The van der Waals surface area contributed by atoms with E-state index in [1.54, 1.807) is 25.8 Å². The zero-order chi connectivity index (χ0) is 13.8. The van der Waals surface area contributed by atoms with Crippen LogP contribution in [0, 0.1) is 0 Å². The standard InChI is InChI=1S/C15H14N4O/c1-20-14-4-2-13(3-5-14)15-17-11-19(18-15)10-12-6-8-16-9-7-12/h2-9,11H,10H2,1H3. The first-order valence-electron chi connectivity index (χ1n) is 6.28. The summed E-state index contributed by atoms with van der Waals surface area (Å²) in [4.78, 5) is 8.33. The predicted molar refractivity (Wildman–Crippen MR) is 75.3 cm³/mol. The van der Waals surface area contributed by atoms with Gasteiger partial charge in [0.1, 0.15) is 12.1 Å². The smallest absolute Gasteiger partial charge is 0.181 e. The van der Waals surface area contributed by atoms with Crippen LogP contribution in [0.25, 0.3) is 11.4 Å². The lowest BCUT2D eigenvalue weighted by molar-refractivity contribution is 0.415. The molecule has 3 aromatic rings. The predicted octanol–water partition coefficient (Wildman–Crippen LogP) is 2.40. The summed E-state index contributed by atoms with van der Waals surface area (Å²) in [5, 5.41) is 4.48. The highest BCUT2D eigenvalue weighted by atomic mass is 16.5. The van der Waals surface area contributed by atoms with E-state index in [2.05, 4.69) is 15.1 Å². The fraction of sp³-hybridized carbons (Fsp3) is 0.133. The van der Waals surface area contributed by atoms with Crippen LogP contribution < -0.4 is 4.74 Å². The summed E-state index contributed by atoms with van der Waals surface area (Å²) in [5.74, 6) is 1.53. The highest BCUT2D eigenvalue weighted by molar-refractivity contribution is 5.55. The zero-order valence-corrected chi connectivity index (χ0v) is 11.1. The molecule has 3 rings (SSSR count). The number of aromatic nitrogens is 4. The number of pyridine rings is 1. The number of benzene rings is 1. The molecular weight excluding hydrogens is 252 g/mol. The molecule has 2 heterocycles. The summed E-state index contributed by atoms with van der Waals surface area (Å²) in [6, 6.07) is 11.6. The van der Waals surface area contributed by atoms with Crippen LogP contribution in [0.2, 0.25) is 0 Å². The van der Waals surface area contributed by atoms with Crippen molar-refractivity contribution >= 4 is 0 Å². The Balaban J connectivity index is 1.79. The first-order valence-corrected chi connectivity index (χ1v) is 6.28. The third-order valence-electron chi connectivity index (χ3n) is 2.98. The van der Waals surface area contributed by atoms with Crippen molar-refractivity contribution in [1.29, 1.82) is 0 Å².